The van der Waals surface area contributed by atoms with E-state index in [0.717, 1.165) is 61.2 Å². The van der Waals surface area contributed by atoms with Crippen LogP contribution in [0.2, 0.25) is 0 Å². The van der Waals surface area contributed by atoms with Crippen LogP contribution in [0.15, 0.2) is 36.7 Å². The molecule has 2 aliphatic rings. The number of amides is 2. The van der Waals surface area contributed by atoms with Gasteiger partial charge in [-0.2, -0.15) is 0 Å². The van der Waals surface area contributed by atoms with E-state index in [1.54, 1.807) is 19.5 Å². The number of hydrogen-bond donors (Lipinski definition) is 0. The molecule has 2 fully saturated rings. The van der Waals surface area contributed by atoms with E-state index in [1.165, 1.54) is 0 Å². The molecule has 5 rings (SSSR count). The van der Waals surface area contributed by atoms with Crippen LogP contribution in [0.4, 0.5) is 0 Å². The number of para-hydroxylation sites is 2. The van der Waals surface area contributed by atoms with Gasteiger partial charge in [0.15, 0.2) is 0 Å². The smallest absolute Gasteiger partial charge is 0.274 e. The minimum Gasteiger partial charge on any atom is -0.377 e. The Morgan fingerprint density at radius 1 is 1.03 bits per heavy atom. The fourth-order valence-corrected chi connectivity index (χ4v) is 5.68. The molecule has 0 radical (unpaired) electrons. The molecule has 36 heavy (non-hydrogen) atoms. The summed E-state index contributed by atoms with van der Waals surface area (Å²) in [4.78, 5) is 43.7. The predicted octanol–water partition coefficient (Wildman–Crippen LogP) is 3.21. The SMILES string of the molecule is COCc1nc2ccccc2n1CC(=O)N1CCCC[C@H]1C1CCN(C(=O)c2cnc(C)cn2)CC1. The first-order chi connectivity index (χ1) is 17.5. The Morgan fingerprint density at radius 3 is 2.58 bits per heavy atom. The van der Waals surface area contributed by atoms with Crippen LogP contribution < -0.4 is 0 Å². The molecule has 0 unspecified atom stereocenters. The first kappa shape index (κ1) is 24.4. The summed E-state index contributed by atoms with van der Waals surface area (Å²) >= 11 is 0. The van der Waals surface area contributed by atoms with Crippen molar-refractivity contribution in [2.24, 2.45) is 5.92 Å². The van der Waals surface area contributed by atoms with Gasteiger partial charge in [-0.25, -0.2) is 9.97 Å². The highest BCUT2D eigenvalue weighted by Gasteiger charge is 2.36. The lowest BCUT2D eigenvalue weighted by atomic mass is 9.83. The molecule has 2 saturated heterocycles. The highest BCUT2D eigenvalue weighted by Crippen LogP contribution is 2.31. The number of methoxy groups -OCH3 is 1. The second kappa shape index (κ2) is 10.7. The van der Waals surface area contributed by atoms with Gasteiger partial charge in [0, 0.05) is 39.0 Å². The molecule has 3 aromatic rings. The molecule has 2 amide bonds. The summed E-state index contributed by atoms with van der Waals surface area (Å²) in [5.74, 6) is 1.23. The Balaban J connectivity index is 1.27. The Bertz CT molecular complexity index is 1220. The van der Waals surface area contributed by atoms with Crippen molar-refractivity contribution in [3.63, 3.8) is 0 Å². The summed E-state index contributed by atoms with van der Waals surface area (Å²) in [7, 11) is 1.65. The van der Waals surface area contributed by atoms with Crippen molar-refractivity contribution in [2.45, 2.75) is 58.2 Å². The van der Waals surface area contributed by atoms with Gasteiger partial charge in [0.1, 0.15) is 24.7 Å². The van der Waals surface area contributed by atoms with Gasteiger partial charge in [-0.1, -0.05) is 12.1 Å². The number of imidazole rings is 1. The first-order valence-corrected chi connectivity index (χ1v) is 12.9. The lowest BCUT2D eigenvalue weighted by Gasteiger charge is -2.43. The summed E-state index contributed by atoms with van der Waals surface area (Å²) in [5.41, 5.74) is 3.03. The van der Waals surface area contributed by atoms with E-state index >= 15 is 0 Å². The largest absolute Gasteiger partial charge is 0.377 e. The van der Waals surface area contributed by atoms with Crippen LogP contribution in [0, 0.1) is 12.8 Å². The van der Waals surface area contributed by atoms with E-state index in [-0.39, 0.29) is 24.4 Å². The minimum absolute atomic E-state index is 0.0600. The van der Waals surface area contributed by atoms with E-state index in [0.29, 0.717) is 31.3 Å². The van der Waals surface area contributed by atoms with Gasteiger partial charge in [-0.3, -0.25) is 14.6 Å². The Morgan fingerprint density at radius 2 is 1.83 bits per heavy atom. The molecule has 0 N–H and O–H groups in total. The Kier molecular flexibility index (Phi) is 7.27. The number of nitrogens with zero attached hydrogens (tertiary/aromatic N) is 6. The zero-order valence-corrected chi connectivity index (χ0v) is 21.1. The molecule has 2 aliphatic heterocycles. The van der Waals surface area contributed by atoms with Crippen molar-refractivity contribution in [3.05, 3.63) is 53.9 Å². The average molecular weight is 491 g/mol. The second-order valence-electron chi connectivity index (χ2n) is 9.86. The number of likely N-dealkylation sites (tertiary alicyclic amines) is 2. The third-order valence-electron chi connectivity index (χ3n) is 7.54. The number of rotatable bonds is 6. The molecule has 2 aromatic heterocycles. The fraction of sp³-hybridized carbons (Fsp3) is 0.519. The summed E-state index contributed by atoms with van der Waals surface area (Å²) in [6.07, 6.45) is 8.15. The average Bonchev–Trinajstić information content (AvgIpc) is 3.26. The van der Waals surface area contributed by atoms with Gasteiger partial charge < -0.3 is 19.1 Å². The molecule has 190 valence electrons. The molecule has 1 atom stereocenters. The van der Waals surface area contributed by atoms with E-state index in [9.17, 15) is 9.59 Å². The standard InChI is InChI=1S/C27H34N6O3/c1-19-15-29-22(16-28-19)27(35)31-13-10-20(11-14-31)23-8-5-6-12-32(23)26(34)17-33-24-9-4-3-7-21(24)30-25(33)18-36-2/h3-4,7,9,15-16,20,23H,5-6,8,10-14,17-18H2,1-2H3/t23-/m0/s1. The summed E-state index contributed by atoms with van der Waals surface area (Å²) in [6.45, 7) is 4.64. The molecule has 0 bridgehead atoms. The molecule has 4 heterocycles. The molecule has 0 saturated carbocycles. The van der Waals surface area contributed by atoms with Crippen molar-refractivity contribution in [1.82, 2.24) is 29.3 Å². The van der Waals surface area contributed by atoms with Crippen LogP contribution in [-0.4, -0.2) is 73.9 Å². The molecular weight excluding hydrogens is 456 g/mol. The number of benzene rings is 1. The predicted molar refractivity (Wildman–Crippen MR) is 135 cm³/mol. The van der Waals surface area contributed by atoms with Gasteiger partial charge in [0.25, 0.3) is 5.91 Å². The third-order valence-corrected chi connectivity index (χ3v) is 7.54. The molecule has 0 spiro atoms. The number of hydrogen-bond acceptors (Lipinski definition) is 6. The molecule has 1 aromatic carbocycles. The highest BCUT2D eigenvalue weighted by atomic mass is 16.5. The zero-order chi connectivity index (χ0) is 25.1. The van der Waals surface area contributed by atoms with Crippen LogP contribution >= 0.6 is 0 Å². The molecular formula is C27H34N6O3. The maximum absolute atomic E-state index is 13.7. The van der Waals surface area contributed by atoms with E-state index in [1.807, 2.05) is 40.7 Å². The lowest BCUT2D eigenvalue weighted by molar-refractivity contribution is -0.137. The quantitative estimate of drug-likeness (QED) is 0.527. The van der Waals surface area contributed by atoms with Crippen molar-refractivity contribution in [3.8, 4) is 0 Å². The van der Waals surface area contributed by atoms with Gasteiger partial charge >= 0.3 is 0 Å². The van der Waals surface area contributed by atoms with Crippen molar-refractivity contribution >= 4 is 22.8 Å². The van der Waals surface area contributed by atoms with E-state index < -0.39 is 0 Å². The van der Waals surface area contributed by atoms with Crippen LogP contribution in [0.5, 0.6) is 0 Å². The molecule has 9 nitrogen and oxygen atoms in total. The number of piperidine rings is 2. The molecule has 9 heteroatoms. The summed E-state index contributed by atoms with van der Waals surface area (Å²) in [5, 5.41) is 0. The highest BCUT2D eigenvalue weighted by molar-refractivity contribution is 5.92. The number of aryl methyl sites for hydroxylation is 1. The number of carbonyl (C=O) groups is 2. The van der Waals surface area contributed by atoms with E-state index in [2.05, 4.69) is 19.9 Å². The van der Waals surface area contributed by atoms with Gasteiger partial charge in [-0.15, -0.1) is 0 Å². The number of fused-ring (bicyclic) bond motifs is 1. The summed E-state index contributed by atoms with van der Waals surface area (Å²) < 4.78 is 7.36. The van der Waals surface area contributed by atoms with E-state index in [4.69, 9.17) is 4.74 Å². The number of aromatic nitrogens is 4. The monoisotopic (exact) mass is 490 g/mol. The normalized spacial score (nSPS) is 19.1. The van der Waals surface area contributed by atoms with Gasteiger partial charge in [0.05, 0.1) is 22.9 Å². The Labute approximate surface area is 211 Å². The van der Waals surface area contributed by atoms with Crippen LogP contribution in [-0.2, 0) is 22.7 Å². The van der Waals surface area contributed by atoms with Crippen molar-refractivity contribution < 1.29 is 14.3 Å². The topological polar surface area (TPSA) is 93.5 Å². The number of ether oxygens (including phenoxy) is 1. The fourth-order valence-electron chi connectivity index (χ4n) is 5.68. The van der Waals surface area contributed by atoms with Gasteiger partial charge in [0.2, 0.25) is 5.91 Å². The third kappa shape index (κ3) is 4.97. The van der Waals surface area contributed by atoms with Crippen molar-refractivity contribution in [2.75, 3.05) is 26.7 Å². The number of carbonyl (C=O) groups excluding carboxylic acids is 2. The molecule has 0 aliphatic carbocycles. The van der Waals surface area contributed by atoms with Crippen LogP contribution in [0.25, 0.3) is 11.0 Å². The minimum atomic E-state index is -0.0600. The maximum Gasteiger partial charge on any atom is 0.274 e. The Hall–Kier alpha value is -3.33. The summed E-state index contributed by atoms with van der Waals surface area (Å²) in [6, 6.07) is 8.12. The van der Waals surface area contributed by atoms with Crippen LogP contribution in [0.3, 0.4) is 0 Å². The van der Waals surface area contributed by atoms with Crippen LogP contribution in [0.1, 0.15) is 54.1 Å². The maximum atomic E-state index is 13.7. The first-order valence-electron chi connectivity index (χ1n) is 12.9. The van der Waals surface area contributed by atoms with Gasteiger partial charge in [-0.05, 0) is 57.1 Å². The zero-order valence-electron chi connectivity index (χ0n) is 21.1. The second-order valence-corrected chi connectivity index (χ2v) is 9.86. The van der Waals surface area contributed by atoms with Crippen molar-refractivity contribution in [1.29, 1.82) is 0 Å². The lowest BCUT2D eigenvalue weighted by Crippen LogP contribution is -2.51.